The molecule has 2 N–H and O–H groups in total. The molecule has 0 fully saturated rings. The van der Waals surface area contributed by atoms with E-state index in [0.29, 0.717) is 6.61 Å². The lowest BCUT2D eigenvalue weighted by Crippen LogP contribution is -2.17. The third-order valence-corrected chi connectivity index (χ3v) is 3.26. The summed E-state index contributed by atoms with van der Waals surface area (Å²) in [5.74, 6) is 0.504. The zero-order chi connectivity index (χ0) is 15.2. The molecule has 0 bridgehead atoms. The van der Waals surface area contributed by atoms with Gasteiger partial charge in [-0.15, -0.1) is 0 Å². The molecule has 2 heterocycles. The molecule has 3 rings (SSSR count). The standard InChI is InChI=1S/C13H12F3N3O2/c1-19-12(17)8(6-18-19)7-4-10-11(21-3-2-20-10)5-9(7)13(14,15)16/h4-6H,2-3,17H2,1H3. The van der Waals surface area contributed by atoms with E-state index in [2.05, 4.69) is 5.10 Å². The van der Waals surface area contributed by atoms with E-state index >= 15 is 0 Å². The molecule has 1 aliphatic heterocycles. The van der Waals surface area contributed by atoms with Crippen LogP contribution in [0.3, 0.4) is 0 Å². The van der Waals surface area contributed by atoms with Crippen LogP contribution >= 0.6 is 0 Å². The van der Waals surface area contributed by atoms with Crippen molar-refractivity contribution in [3.63, 3.8) is 0 Å². The highest BCUT2D eigenvalue weighted by Crippen LogP contribution is 2.45. The third kappa shape index (κ3) is 2.26. The fourth-order valence-electron chi connectivity index (χ4n) is 2.20. The maximum absolute atomic E-state index is 13.3. The number of nitrogen functional groups attached to an aromatic ring is 1. The zero-order valence-corrected chi connectivity index (χ0v) is 11.1. The van der Waals surface area contributed by atoms with Gasteiger partial charge in [0, 0.05) is 18.2 Å². The van der Waals surface area contributed by atoms with Gasteiger partial charge < -0.3 is 15.2 Å². The predicted octanol–water partition coefficient (Wildman–Crippen LogP) is 2.46. The summed E-state index contributed by atoms with van der Waals surface area (Å²) in [7, 11) is 1.56. The van der Waals surface area contributed by atoms with E-state index in [4.69, 9.17) is 15.2 Å². The summed E-state index contributed by atoms with van der Waals surface area (Å²) in [6, 6.07) is 2.24. The molecule has 8 heteroatoms. The van der Waals surface area contributed by atoms with E-state index in [1.807, 2.05) is 0 Å². The topological polar surface area (TPSA) is 62.3 Å². The average Bonchev–Trinajstić information content (AvgIpc) is 2.76. The maximum atomic E-state index is 13.3. The molecule has 1 aliphatic rings. The fraction of sp³-hybridized carbons (Fsp3) is 0.308. The van der Waals surface area contributed by atoms with Crippen LogP contribution in [-0.4, -0.2) is 23.0 Å². The maximum Gasteiger partial charge on any atom is 0.417 e. The summed E-state index contributed by atoms with van der Waals surface area (Å²) in [5, 5.41) is 3.88. The van der Waals surface area contributed by atoms with Gasteiger partial charge in [-0.05, 0) is 12.1 Å². The first-order valence-electron chi connectivity index (χ1n) is 6.16. The summed E-state index contributed by atoms with van der Waals surface area (Å²) in [6.07, 6.45) is -3.23. The average molecular weight is 299 g/mol. The second-order valence-corrected chi connectivity index (χ2v) is 4.61. The minimum absolute atomic E-state index is 0.0719. The quantitative estimate of drug-likeness (QED) is 0.878. The number of aryl methyl sites for hydroxylation is 1. The molecule has 0 atom stereocenters. The van der Waals surface area contributed by atoms with E-state index in [-0.39, 0.29) is 35.1 Å². The van der Waals surface area contributed by atoms with Gasteiger partial charge >= 0.3 is 6.18 Å². The van der Waals surface area contributed by atoms with E-state index in [0.717, 1.165) is 6.07 Å². The van der Waals surface area contributed by atoms with E-state index < -0.39 is 11.7 Å². The highest BCUT2D eigenvalue weighted by Gasteiger charge is 2.36. The van der Waals surface area contributed by atoms with Crippen LogP contribution in [0.2, 0.25) is 0 Å². The van der Waals surface area contributed by atoms with Crippen LogP contribution in [0.5, 0.6) is 11.5 Å². The Morgan fingerprint density at radius 3 is 2.29 bits per heavy atom. The SMILES string of the molecule is Cn1ncc(-c2cc3c(cc2C(F)(F)F)OCCO3)c1N. The Morgan fingerprint density at radius 2 is 1.76 bits per heavy atom. The minimum Gasteiger partial charge on any atom is -0.486 e. The number of hydrogen-bond acceptors (Lipinski definition) is 4. The van der Waals surface area contributed by atoms with Gasteiger partial charge in [0.15, 0.2) is 11.5 Å². The molecule has 1 aromatic carbocycles. The van der Waals surface area contributed by atoms with Crippen molar-refractivity contribution in [2.45, 2.75) is 6.18 Å². The Kier molecular flexibility index (Phi) is 2.96. The van der Waals surface area contributed by atoms with Crippen molar-refractivity contribution in [3.8, 4) is 22.6 Å². The molecular formula is C13H12F3N3O2. The van der Waals surface area contributed by atoms with Crippen molar-refractivity contribution in [2.75, 3.05) is 18.9 Å². The number of nitrogens with zero attached hydrogens (tertiary/aromatic N) is 2. The number of fused-ring (bicyclic) bond motifs is 1. The van der Waals surface area contributed by atoms with Gasteiger partial charge in [0.2, 0.25) is 0 Å². The van der Waals surface area contributed by atoms with Crippen LogP contribution < -0.4 is 15.2 Å². The van der Waals surface area contributed by atoms with Gasteiger partial charge in [-0.25, -0.2) is 0 Å². The highest BCUT2D eigenvalue weighted by atomic mass is 19.4. The van der Waals surface area contributed by atoms with Gasteiger partial charge in [0.1, 0.15) is 19.0 Å². The molecule has 0 saturated heterocycles. The van der Waals surface area contributed by atoms with Gasteiger partial charge in [-0.1, -0.05) is 0 Å². The van der Waals surface area contributed by atoms with Crippen LogP contribution in [0.15, 0.2) is 18.3 Å². The molecular weight excluding hydrogens is 287 g/mol. The first-order chi connectivity index (χ1) is 9.88. The fourth-order valence-corrected chi connectivity index (χ4v) is 2.20. The Bertz CT molecular complexity index is 695. The van der Waals surface area contributed by atoms with Gasteiger partial charge in [0.25, 0.3) is 0 Å². The summed E-state index contributed by atoms with van der Waals surface area (Å²) < 4.78 is 51.7. The number of aromatic nitrogens is 2. The number of benzene rings is 1. The summed E-state index contributed by atoms with van der Waals surface area (Å²) >= 11 is 0. The lowest BCUT2D eigenvalue weighted by atomic mass is 10.00. The number of anilines is 1. The van der Waals surface area contributed by atoms with Crippen LogP contribution in [0.1, 0.15) is 5.56 Å². The van der Waals surface area contributed by atoms with Crippen molar-refractivity contribution >= 4 is 5.82 Å². The number of alkyl halides is 3. The number of nitrogens with two attached hydrogens (primary N) is 1. The number of ether oxygens (including phenoxy) is 2. The molecule has 0 amide bonds. The molecule has 0 radical (unpaired) electrons. The second kappa shape index (κ2) is 4.57. The van der Waals surface area contributed by atoms with Gasteiger partial charge in [-0.3, -0.25) is 4.68 Å². The molecule has 2 aromatic rings. The van der Waals surface area contributed by atoms with Crippen LogP contribution in [-0.2, 0) is 13.2 Å². The first kappa shape index (κ1) is 13.6. The predicted molar refractivity (Wildman–Crippen MR) is 69.0 cm³/mol. The molecule has 5 nitrogen and oxygen atoms in total. The monoisotopic (exact) mass is 299 g/mol. The zero-order valence-electron chi connectivity index (χ0n) is 11.1. The number of hydrogen-bond donors (Lipinski definition) is 1. The molecule has 1 aromatic heterocycles. The third-order valence-electron chi connectivity index (χ3n) is 3.26. The van der Waals surface area contributed by atoms with Crippen LogP contribution in [0.4, 0.5) is 19.0 Å². The largest absolute Gasteiger partial charge is 0.486 e. The minimum atomic E-state index is -4.53. The molecule has 0 unspecified atom stereocenters. The van der Waals surface area contributed by atoms with Crippen molar-refractivity contribution in [1.29, 1.82) is 0 Å². The second-order valence-electron chi connectivity index (χ2n) is 4.61. The summed E-state index contributed by atoms with van der Waals surface area (Å²) in [6.45, 7) is 0.513. The van der Waals surface area contributed by atoms with Crippen molar-refractivity contribution in [3.05, 3.63) is 23.9 Å². The Balaban J connectivity index is 2.24. The Hall–Kier alpha value is -2.38. The van der Waals surface area contributed by atoms with Gasteiger partial charge in [-0.2, -0.15) is 18.3 Å². The lowest BCUT2D eigenvalue weighted by Gasteiger charge is -2.22. The van der Waals surface area contributed by atoms with Crippen molar-refractivity contribution < 1.29 is 22.6 Å². The lowest BCUT2D eigenvalue weighted by molar-refractivity contribution is -0.137. The Labute approximate surface area is 118 Å². The molecule has 21 heavy (non-hydrogen) atoms. The van der Waals surface area contributed by atoms with E-state index in [1.54, 1.807) is 7.05 Å². The molecule has 0 saturated carbocycles. The summed E-state index contributed by atoms with van der Waals surface area (Å²) in [4.78, 5) is 0. The first-order valence-corrected chi connectivity index (χ1v) is 6.16. The highest BCUT2D eigenvalue weighted by molar-refractivity contribution is 5.79. The van der Waals surface area contributed by atoms with Crippen molar-refractivity contribution in [2.24, 2.45) is 7.05 Å². The normalized spacial score (nSPS) is 14.3. The van der Waals surface area contributed by atoms with E-state index in [9.17, 15) is 13.2 Å². The van der Waals surface area contributed by atoms with Gasteiger partial charge in [0.05, 0.1) is 11.8 Å². The summed E-state index contributed by atoms with van der Waals surface area (Å²) in [5.41, 5.74) is 5.09. The Morgan fingerprint density at radius 1 is 1.14 bits per heavy atom. The van der Waals surface area contributed by atoms with Crippen LogP contribution in [0.25, 0.3) is 11.1 Å². The molecule has 0 aliphatic carbocycles. The smallest absolute Gasteiger partial charge is 0.417 e. The number of rotatable bonds is 1. The molecule has 112 valence electrons. The van der Waals surface area contributed by atoms with Crippen molar-refractivity contribution in [1.82, 2.24) is 9.78 Å². The van der Waals surface area contributed by atoms with Crippen LogP contribution in [0, 0.1) is 0 Å². The molecule has 0 spiro atoms. The van der Waals surface area contributed by atoms with E-state index in [1.165, 1.54) is 16.9 Å². The number of halogens is 3.